The van der Waals surface area contributed by atoms with Crippen molar-refractivity contribution in [3.63, 3.8) is 0 Å². The van der Waals surface area contributed by atoms with Gasteiger partial charge in [-0.2, -0.15) is 12.7 Å². The first-order chi connectivity index (χ1) is 9.90. The Labute approximate surface area is 123 Å². The van der Waals surface area contributed by atoms with Gasteiger partial charge in [0.05, 0.1) is 11.3 Å². The van der Waals surface area contributed by atoms with Crippen molar-refractivity contribution in [3.05, 3.63) is 23.8 Å². The molecule has 1 heterocycles. The molecule has 0 spiro atoms. The highest BCUT2D eigenvalue weighted by atomic mass is 32.2. The van der Waals surface area contributed by atoms with Crippen LogP contribution in [0.15, 0.2) is 18.2 Å². The van der Waals surface area contributed by atoms with Gasteiger partial charge in [-0.15, -0.1) is 0 Å². The van der Waals surface area contributed by atoms with Crippen molar-refractivity contribution >= 4 is 21.9 Å². The number of aromatic hydroxyl groups is 1. The molecule has 1 saturated heterocycles. The average molecular weight is 314 g/mol. The van der Waals surface area contributed by atoms with Crippen molar-refractivity contribution in [1.29, 1.82) is 0 Å². The summed E-state index contributed by atoms with van der Waals surface area (Å²) in [5.74, 6) is -1.60. The normalized spacial score (nSPS) is 17.1. The molecule has 1 fully saturated rings. The largest absolute Gasteiger partial charge is 0.506 e. The first-order valence-electron chi connectivity index (χ1n) is 6.74. The van der Waals surface area contributed by atoms with Gasteiger partial charge < -0.3 is 10.2 Å². The van der Waals surface area contributed by atoms with Crippen molar-refractivity contribution in [3.8, 4) is 5.75 Å². The fourth-order valence-electron chi connectivity index (χ4n) is 2.24. The van der Waals surface area contributed by atoms with Crippen molar-refractivity contribution in [1.82, 2.24) is 4.31 Å². The molecule has 0 amide bonds. The van der Waals surface area contributed by atoms with E-state index in [1.807, 2.05) is 0 Å². The molecule has 1 aromatic rings. The molecule has 3 N–H and O–H groups in total. The molecule has 0 saturated carbocycles. The van der Waals surface area contributed by atoms with Gasteiger partial charge in [-0.05, 0) is 31.0 Å². The second-order valence-electron chi connectivity index (χ2n) is 4.96. The van der Waals surface area contributed by atoms with E-state index in [4.69, 9.17) is 5.11 Å². The van der Waals surface area contributed by atoms with Gasteiger partial charge in [0.2, 0.25) is 0 Å². The lowest BCUT2D eigenvalue weighted by Crippen LogP contribution is -2.36. The minimum Gasteiger partial charge on any atom is -0.506 e. The van der Waals surface area contributed by atoms with Crippen LogP contribution in [0.3, 0.4) is 0 Å². The Morgan fingerprint density at radius 3 is 2.29 bits per heavy atom. The molecule has 0 aromatic heterocycles. The molecular weight excluding hydrogens is 296 g/mol. The third-order valence-electron chi connectivity index (χ3n) is 3.39. The Balaban J connectivity index is 2.18. The van der Waals surface area contributed by atoms with Crippen LogP contribution in [0, 0.1) is 0 Å². The standard InChI is InChI=1S/C13H18N2O5S/c16-12-9-10(13(17)18)5-6-11(12)14-21(19,20)15-7-3-1-2-4-8-15/h5-6,9,14,16H,1-4,7-8H2,(H,17,18). The van der Waals surface area contributed by atoms with E-state index in [-0.39, 0.29) is 11.3 Å². The van der Waals surface area contributed by atoms with Crippen molar-refractivity contribution in [2.45, 2.75) is 25.7 Å². The molecule has 1 aliphatic rings. The second kappa shape index (κ2) is 6.31. The molecule has 0 unspecified atom stereocenters. The predicted molar refractivity (Wildman–Crippen MR) is 77.6 cm³/mol. The smallest absolute Gasteiger partial charge is 0.335 e. The highest BCUT2D eigenvalue weighted by Crippen LogP contribution is 2.26. The van der Waals surface area contributed by atoms with E-state index < -0.39 is 21.9 Å². The average Bonchev–Trinajstić information content (AvgIpc) is 2.70. The second-order valence-corrected chi connectivity index (χ2v) is 6.63. The van der Waals surface area contributed by atoms with Crippen molar-refractivity contribution in [2.75, 3.05) is 17.8 Å². The number of phenols is 1. The summed E-state index contributed by atoms with van der Waals surface area (Å²) in [6, 6.07) is 3.50. The molecule has 1 aromatic carbocycles. The van der Waals surface area contributed by atoms with E-state index in [1.54, 1.807) is 0 Å². The fourth-order valence-corrected chi connectivity index (χ4v) is 3.56. The summed E-state index contributed by atoms with van der Waals surface area (Å²) in [5, 5.41) is 18.6. The van der Waals surface area contributed by atoms with E-state index in [0.29, 0.717) is 13.1 Å². The zero-order valence-electron chi connectivity index (χ0n) is 11.4. The maximum Gasteiger partial charge on any atom is 0.335 e. The molecule has 2 rings (SSSR count). The van der Waals surface area contributed by atoms with E-state index in [1.165, 1.54) is 16.4 Å². The third-order valence-corrected chi connectivity index (χ3v) is 4.91. The van der Waals surface area contributed by atoms with E-state index in [2.05, 4.69) is 4.72 Å². The summed E-state index contributed by atoms with van der Waals surface area (Å²) < 4.78 is 28.2. The number of rotatable bonds is 4. The van der Waals surface area contributed by atoms with Gasteiger partial charge in [-0.1, -0.05) is 12.8 Å². The predicted octanol–water partition coefficient (Wildman–Crippen LogP) is 1.62. The number of anilines is 1. The highest BCUT2D eigenvalue weighted by Gasteiger charge is 2.24. The topological polar surface area (TPSA) is 107 Å². The summed E-state index contributed by atoms with van der Waals surface area (Å²) >= 11 is 0. The number of carboxylic acids is 1. The summed E-state index contributed by atoms with van der Waals surface area (Å²) in [6.07, 6.45) is 3.63. The highest BCUT2D eigenvalue weighted by molar-refractivity contribution is 7.90. The first kappa shape index (κ1) is 15.6. The summed E-state index contributed by atoms with van der Waals surface area (Å²) in [4.78, 5) is 10.8. The Hall–Kier alpha value is -1.80. The molecule has 1 aliphatic heterocycles. The number of hydrogen-bond acceptors (Lipinski definition) is 4. The molecule has 0 radical (unpaired) electrons. The summed E-state index contributed by atoms with van der Waals surface area (Å²) in [7, 11) is -3.74. The number of phenolic OH excluding ortho intramolecular Hbond substituents is 1. The van der Waals surface area contributed by atoms with Crippen LogP contribution < -0.4 is 4.72 Å². The van der Waals surface area contributed by atoms with Gasteiger partial charge in [-0.25, -0.2) is 4.79 Å². The van der Waals surface area contributed by atoms with Gasteiger partial charge in [0.15, 0.2) is 0 Å². The van der Waals surface area contributed by atoms with Gasteiger partial charge in [0.25, 0.3) is 0 Å². The van der Waals surface area contributed by atoms with Crippen LogP contribution in [0.25, 0.3) is 0 Å². The molecule has 116 valence electrons. The molecule has 0 bridgehead atoms. The van der Waals surface area contributed by atoms with E-state index in [0.717, 1.165) is 31.7 Å². The van der Waals surface area contributed by atoms with Gasteiger partial charge in [-0.3, -0.25) is 4.72 Å². The maximum atomic E-state index is 12.3. The van der Waals surface area contributed by atoms with Crippen molar-refractivity contribution < 1.29 is 23.4 Å². The minimum atomic E-state index is -3.74. The molecule has 0 aliphatic carbocycles. The Morgan fingerprint density at radius 1 is 1.14 bits per heavy atom. The van der Waals surface area contributed by atoms with Crippen LogP contribution in [0.5, 0.6) is 5.75 Å². The van der Waals surface area contributed by atoms with Gasteiger partial charge in [0.1, 0.15) is 5.75 Å². The van der Waals surface area contributed by atoms with E-state index in [9.17, 15) is 18.3 Å². The number of hydrogen-bond donors (Lipinski definition) is 3. The minimum absolute atomic E-state index is 0.0238. The zero-order chi connectivity index (χ0) is 15.5. The molecule has 7 nitrogen and oxygen atoms in total. The van der Waals surface area contributed by atoms with Gasteiger partial charge >= 0.3 is 16.2 Å². The molecule has 0 atom stereocenters. The van der Waals surface area contributed by atoms with Crippen molar-refractivity contribution in [2.24, 2.45) is 0 Å². The Bertz CT molecular complexity index is 621. The molecule has 21 heavy (non-hydrogen) atoms. The quantitative estimate of drug-likeness (QED) is 0.732. The van der Waals surface area contributed by atoms with Crippen LogP contribution in [-0.4, -0.2) is 42.0 Å². The lowest BCUT2D eigenvalue weighted by molar-refractivity contribution is 0.0696. The molecular formula is C13H18N2O5S. The van der Waals surface area contributed by atoms with Crippen LogP contribution >= 0.6 is 0 Å². The Morgan fingerprint density at radius 2 is 1.76 bits per heavy atom. The summed E-state index contributed by atoms with van der Waals surface area (Å²) in [5.41, 5.74) is -0.130. The van der Waals surface area contributed by atoms with Crippen LogP contribution in [0.4, 0.5) is 5.69 Å². The van der Waals surface area contributed by atoms with Crippen LogP contribution in [-0.2, 0) is 10.2 Å². The first-order valence-corrected chi connectivity index (χ1v) is 8.18. The van der Waals surface area contributed by atoms with Gasteiger partial charge in [0, 0.05) is 13.1 Å². The van der Waals surface area contributed by atoms with Crippen LogP contribution in [0.2, 0.25) is 0 Å². The lowest BCUT2D eigenvalue weighted by atomic mass is 10.2. The lowest BCUT2D eigenvalue weighted by Gasteiger charge is -2.21. The monoisotopic (exact) mass is 314 g/mol. The third kappa shape index (κ3) is 3.85. The number of carboxylic acid groups (broad SMARTS) is 1. The number of nitrogens with zero attached hydrogens (tertiary/aromatic N) is 1. The van der Waals surface area contributed by atoms with E-state index >= 15 is 0 Å². The molecule has 8 heteroatoms. The number of nitrogens with one attached hydrogen (secondary N) is 1. The number of carbonyl (C=O) groups is 1. The SMILES string of the molecule is O=C(O)c1ccc(NS(=O)(=O)N2CCCCCC2)c(O)c1. The fraction of sp³-hybridized carbons (Fsp3) is 0.462. The van der Waals surface area contributed by atoms with Crippen LogP contribution in [0.1, 0.15) is 36.0 Å². The number of aromatic carboxylic acids is 1. The zero-order valence-corrected chi connectivity index (χ0v) is 12.3. The Kier molecular flexibility index (Phi) is 4.69. The maximum absolute atomic E-state index is 12.3. The number of benzene rings is 1. The summed E-state index contributed by atoms with van der Waals surface area (Å²) in [6.45, 7) is 0.895.